The Morgan fingerprint density at radius 1 is 1.00 bits per heavy atom. The number of aliphatic hydroxyl groups excluding tert-OH is 2. The summed E-state index contributed by atoms with van der Waals surface area (Å²) in [4.78, 5) is 25.5. The summed E-state index contributed by atoms with van der Waals surface area (Å²) < 4.78 is 18.9. The first-order valence-electron chi connectivity index (χ1n) is 11.9. The van der Waals surface area contributed by atoms with E-state index >= 15 is 0 Å². The Hall–Kier alpha value is -3.40. The van der Waals surface area contributed by atoms with Crippen LogP contribution in [0.25, 0.3) is 10.9 Å². The number of aliphatic hydroxyl groups is 2. The number of rotatable bonds is 10. The van der Waals surface area contributed by atoms with Crippen LogP contribution in [0, 0.1) is 0 Å². The van der Waals surface area contributed by atoms with E-state index in [-0.39, 0.29) is 17.9 Å². The average Bonchev–Trinajstić information content (AvgIpc) is 3.26. The number of amides is 1. The van der Waals surface area contributed by atoms with E-state index in [0.29, 0.717) is 6.42 Å². The Balaban J connectivity index is 1.89. The summed E-state index contributed by atoms with van der Waals surface area (Å²) in [5, 5.41) is 23.5. The molecular weight excluding hydrogens is 464 g/mol. The van der Waals surface area contributed by atoms with Crippen LogP contribution in [0.5, 0.6) is 0 Å². The third-order valence-corrected chi connectivity index (χ3v) is 5.43. The van der Waals surface area contributed by atoms with Crippen LogP contribution in [0.3, 0.4) is 0 Å². The zero-order valence-electron chi connectivity index (χ0n) is 21.0. The average molecular weight is 499 g/mol. The summed E-state index contributed by atoms with van der Waals surface area (Å²) in [6.07, 6.45) is -0.972. The second-order valence-corrected chi connectivity index (χ2v) is 9.32. The summed E-state index contributed by atoms with van der Waals surface area (Å²) in [7, 11) is 0. The predicted octanol–water partition coefficient (Wildman–Crippen LogP) is 4.49. The van der Waals surface area contributed by atoms with Gasteiger partial charge in [0.05, 0.1) is 36.1 Å². The number of hydrogen-bond donors (Lipinski definition) is 3. The van der Waals surface area contributed by atoms with Gasteiger partial charge in [0, 0.05) is 6.20 Å². The van der Waals surface area contributed by atoms with Gasteiger partial charge in [-0.05, 0) is 56.8 Å². The molecule has 1 heterocycles. The predicted molar refractivity (Wildman–Crippen MR) is 136 cm³/mol. The molecular formula is C27H34N2O7. The number of benzene rings is 2. The molecule has 0 bridgehead atoms. The first-order chi connectivity index (χ1) is 17.2. The van der Waals surface area contributed by atoms with Gasteiger partial charge in [-0.25, -0.2) is 9.59 Å². The lowest BCUT2D eigenvalue weighted by molar-refractivity contribution is -0.141. The number of aromatic nitrogens is 1. The molecule has 2 unspecified atom stereocenters. The lowest BCUT2D eigenvalue weighted by Gasteiger charge is -2.30. The molecule has 3 rings (SSSR count). The number of carbonyl (C=O) groups is 2. The molecule has 0 saturated carbocycles. The monoisotopic (exact) mass is 498 g/mol. The van der Waals surface area contributed by atoms with Gasteiger partial charge in [0.25, 0.3) is 0 Å². The highest BCUT2D eigenvalue weighted by Crippen LogP contribution is 2.28. The minimum atomic E-state index is -1.11. The van der Waals surface area contributed by atoms with Gasteiger partial charge < -0.3 is 29.0 Å². The number of nitrogens with zero attached hydrogens (tertiary/aromatic N) is 1. The summed E-state index contributed by atoms with van der Waals surface area (Å²) >= 11 is 0. The molecule has 0 aliphatic rings. The summed E-state index contributed by atoms with van der Waals surface area (Å²) in [5.74, 6) is -0.761. The smallest absolute Gasteiger partial charge is 0.412 e. The van der Waals surface area contributed by atoms with Crippen LogP contribution in [0.15, 0.2) is 60.8 Å². The molecule has 0 saturated heterocycles. The summed E-state index contributed by atoms with van der Waals surface area (Å²) in [6.45, 7) is 6.30. The maximum absolute atomic E-state index is 13.2. The molecule has 1 amide bonds. The van der Waals surface area contributed by atoms with E-state index in [4.69, 9.17) is 14.2 Å². The number of carbonyl (C=O) groups excluding carboxylic acids is 2. The van der Waals surface area contributed by atoms with Gasteiger partial charge in [-0.15, -0.1) is 0 Å². The van der Waals surface area contributed by atoms with Crippen molar-refractivity contribution in [2.24, 2.45) is 0 Å². The number of fused-ring (bicyclic) bond motifs is 1. The highest BCUT2D eigenvalue weighted by atomic mass is 16.6. The Morgan fingerprint density at radius 2 is 1.69 bits per heavy atom. The number of para-hydroxylation sites is 2. The lowest BCUT2D eigenvalue weighted by Crippen LogP contribution is -2.37. The van der Waals surface area contributed by atoms with Crippen molar-refractivity contribution < 1.29 is 34.0 Å². The molecule has 0 aliphatic carbocycles. The first-order valence-corrected chi connectivity index (χ1v) is 11.9. The van der Waals surface area contributed by atoms with Gasteiger partial charge in [-0.3, -0.25) is 5.32 Å². The van der Waals surface area contributed by atoms with Crippen molar-refractivity contribution >= 4 is 28.7 Å². The molecule has 2 aromatic carbocycles. The molecule has 9 heteroatoms. The van der Waals surface area contributed by atoms with Crippen LogP contribution in [-0.2, 0) is 14.2 Å². The van der Waals surface area contributed by atoms with Crippen molar-refractivity contribution in [1.82, 2.24) is 4.57 Å². The number of nitrogens with one attached hydrogen (secondary N) is 1. The Labute approximate surface area is 210 Å². The van der Waals surface area contributed by atoms with E-state index in [1.165, 1.54) is 6.07 Å². The number of anilines is 1. The maximum Gasteiger partial charge on any atom is 0.412 e. The fourth-order valence-corrected chi connectivity index (χ4v) is 3.69. The van der Waals surface area contributed by atoms with Crippen LogP contribution in [0.2, 0.25) is 0 Å². The van der Waals surface area contributed by atoms with Crippen LogP contribution in [-0.4, -0.2) is 57.9 Å². The third kappa shape index (κ3) is 6.84. The second-order valence-electron chi connectivity index (χ2n) is 9.32. The molecule has 3 atom stereocenters. The van der Waals surface area contributed by atoms with Gasteiger partial charge >= 0.3 is 12.1 Å². The van der Waals surface area contributed by atoms with Gasteiger partial charge in [0.15, 0.2) is 12.3 Å². The van der Waals surface area contributed by atoms with Gasteiger partial charge in [-0.1, -0.05) is 37.3 Å². The van der Waals surface area contributed by atoms with E-state index in [1.54, 1.807) is 49.7 Å². The van der Waals surface area contributed by atoms with Crippen molar-refractivity contribution in [2.45, 2.75) is 58.2 Å². The van der Waals surface area contributed by atoms with Gasteiger partial charge in [0.2, 0.25) is 0 Å². The SMILES string of the molecule is CCC(CO)OC([C@H](CO)OC(=O)c1ccccc1NC(=O)OC(C)(C)C)n1ccc2ccccc21. The topological polar surface area (TPSA) is 119 Å². The normalized spacial score (nSPS) is 14.2. The van der Waals surface area contributed by atoms with Crippen molar-refractivity contribution in [3.8, 4) is 0 Å². The molecule has 3 N–H and O–H groups in total. The molecule has 0 radical (unpaired) electrons. The number of hydrogen-bond acceptors (Lipinski definition) is 7. The Morgan fingerprint density at radius 3 is 2.36 bits per heavy atom. The fraction of sp³-hybridized carbons (Fsp3) is 0.407. The summed E-state index contributed by atoms with van der Waals surface area (Å²) in [5.41, 5.74) is 0.400. The maximum atomic E-state index is 13.2. The molecule has 9 nitrogen and oxygen atoms in total. The molecule has 1 aromatic heterocycles. The van der Waals surface area contributed by atoms with Crippen LogP contribution < -0.4 is 5.32 Å². The molecule has 0 aliphatic heterocycles. The van der Waals surface area contributed by atoms with E-state index in [1.807, 2.05) is 37.3 Å². The number of esters is 1. The second kappa shape index (κ2) is 12.0. The largest absolute Gasteiger partial charge is 0.451 e. The van der Waals surface area contributed by atoms with E-state index < -0.39 is 42.7 Å². The Bertz CT molecular complexity index is 1160. The van der Waals surface area contributed by atoms with Crippen molar-refractivity contribution in [1.29, 1.82) is 0 Å². The van der Waals surface area contributed by atoms with Crippen LogP contribution in [0.4, 0.5) is 10.5 Å². The molecule has 0 spiro atoms. The van der Waals surface area contributed by atoms with E-state index in [9.17, 15) is 19.8 Å². The lowest BCUT2D eigenvalue weighted by atomic mass is 10.1. The zero-order chi connectivity index (χ0) is 26.3. The summed E-state index contributed by atoms with van der Waals surface area (Å²) in [6, 6.07) is 15.9. The zero-order valence-corrected chi connectivity index (χ0v) is 21.0. The van der Waals surface area contributed by atoms with Gasteiger partial charge in [-0.2, -0.15) is 0 Å². The minimum Gasteiger partial charge on any atom is -0.451 e. The van der Waals surface area contributed by atoms with E-state index in [0.717, 1.165) is 10.9 Å². The van der Waals surface area contributed by atoms with Crippen molar-refractivity contribution in [2.75, 3.05) is 18.5 Å². The van der Waals surface area contributed by atoms with Crippen LogP contribution >= 0.6 is 0 Å². The van der Waals surface area contributed by atoms with E-state index in [2.05, 4.69) is 5.32 Å². The minimum absolute atomic E-state index is 0.0899. The quantitative estimate of drug-likeness (QED) is 0.352. The van der Waals surface area contributed by atoms with Gasteiger partial charge in [0.1, 0.15) is 5.60 Å². The standard InChI is InChI=1S/C27H34N2O7/c1-5-19(16-30)34-24(29-15-14-18-10-6-9-13-22(18)29)23(17-31)35-25(32)20-11-7-8-12-21(20)28-26(33)36-27(2,3)4/h6-15,19,23-24,30-31H,5,16-17H2,1-4H3,(H,28,33)/t19?,23-,24?/m0/s1. The Kier molecular flexibility index (Phi) is 9.08. The van der Waals surface area contributed by atoms with Crippen molar-refractivity contribution in [3.63, 3.8) is 0 Å². The highest BCUT2D eigenvalue weighted by Gasteiger charge is 2.31. The van der Waals surface area contributed by atoms with Crippen LogP contribution in [0.1, 0.15) is 50.7 Å². The number of ether oxygens (including phenoxy) is 3. The molecule has 36 heavy (non-hydrogen) atoms. The van der Waals surface area contributed by atoms with Crippen molar-refractivity contribution in [3.05, 3.63) is 66.4 Å². The first kappa shape index (κ1) is 27.2. The highest BCUT2D eigenvalue weighted by molar-refractivity contribution is 5.99. The molecule has 3 aromatic rings. The molecule has 194 valence electrons. The fourth-order valence-electron chi connectivity index (χ4n) is 3.69. The third-order valence-electron chi connectivity index (χ3n) is 5.43. The molecule has 0 fully saturated rings.